The van der Waals surface area contributed by atoms with Gasteiger partial charge in [-0.3, -0.25) is 4.79 Å². The number of rotatable bonds is 7. The minimum Gasteiger partial charge on any atom is -0.369 e. The summed E-state index contributed by atoms with van der Waals surface area (Å²) in [5.41, 5.74) is 2.38. The Bertz CT molecular complexity index is 813. The number of para-hydroxylation sites is 1. The number of likely N-dealkylation sites (N-methyl/N-ethyl adjacent to an activating group) is 1. The van der Waals surface area contributed by atoms with Crippen LogP contribution < -0.4 is 10.2 Å². The average Bonchev–Trinajstić information content (AvgIpc) is 3.43. The highest BCUT2D eigenvalue weighted by atomic mass is 32.2. The van der Waals surface area contributed by atoms with Crippen molar-refractivity contribution in [1.82, 2.24) is 30.4 Å². The lowest BCUT2D eigenvalue weighted by Gasteiger charge is -2.35. The average molecular weight is 416 g/mol. The van der Waals surface area contributed by atoms with Crippen molar-refractivity contribution in [3.63, 3.8) is 0 Å². The van der Waals surface area contributed by atoms with Gasteiger partial charge in [0.05, 0.1) is 11.8 Å². The zero-order valence-electron chi connectivity index (χ0n) is 17.0. The van der Waals surface area contributed by atoms with Crippen LogP contribution in [0.4, 0.5) is 5.69 Å². The number of aromatic nitrogens is 4. The molecule has 1 aromatic heterocycles. The van der Waals surface area contributed by atoms with Gasteiger partial charge in [-0.2, -0.15) is 0 Å². The maximum Gasteiger partial charge on any atom is 0.230 e. The minimum atomic E-state index is 0.00384. The topological polar surface area (TPSA) is 79.2 Å². The van der Waals surface area contributed by atoms with Crippen LogP contribution >= 0.6 is 11.8 Å². The quantitative estimate of drug-likeness (QED) is 0.693. The molecule has 1 saturated carbocycles. The molecule has 1 aliphatic carbocycles. The van der Waals surface area contributed by atoms with E-state index in [1.165, 1.54) is 30.3 Å². The Kier molecular flexibility index (Phi) is 6.66. The summed E-state index contributed by atoms with van der Waals surface area (Å²) < 4.78 is 1.90. The van der Waals surface area contributed by atoms with Gasteiger partial charge in [-0.05, 0) is 41.9 Å². The molecule has 1 aromatic carbocycles. The lowest BCUT2D eigenvalue weighted by atomic mass is 10.1. The molecule has 2 heterocycles. The van der Waals surface area contributed by atoms with Crippen molar-refractivity contribution in [3.05, 3.63) is 29.8 Å². The summed E-state index contributed by atoms with van der Waals surface area (Å²) in [5, 5.41) is 15.9. The molecule has 2 aromatic rings. The number of hydrogen-bond donors (Lipinski definition) is 1. The molecule has 8 nitrogen and oxygen atoms in total. The molecule has 156 valence electrons. The third-order valence-electron chi connectivity index (χ3n) is 5.78. The van der Waals surface area contributed by atoms with Gasteiger partial charge in [0.15, 0.2) is 0 Å². The molecule has 2 fully saturated rings. The van der Waals surface area contributed by atoms with Crippen LogP contribution in [0.5, 0.6) is 0 Å². The van der Waals surface area contributed by atoms with E-state index in [4.69, 9.17) is 0 Å². The zero-order valence-corrected chi connectivity index (χ0v) is 17.8. The van der Waals surface area contributed by atoms with Gasteiger partial charge in [0, 0.05) is 38.4 Å². The van der Waals surface area contributed by atoms with E-state index in [0.717, 1.165) is 49.7 Å². The molecule has 1 aliphatic heterocycles. The number of nitrogens with zero attached hydrogens (tertiary/aromatic N) is 6. The number of thioether (sulfide) groups is 1. The second-order valence-electron chi connectivity index (χ2n) is 7.83. The van der Waals surface area contributed by atoms with Crippen molar-refractivity contribution < 1.29 is 4.79 Å². The van der Waals surface area contributed by atoms with Gasteiger partial charge in [0.25, 0.3) is 0 Å². The Morgan fingerprint density at radius 3 is 2.72 bits per heavy atom. The minimum absolute atomic E-state index is 0.00384. The van der Waals surface area contributed by atoms with E-state index in [1.54, 1.807) is 0 Å². The third-order valence-corrected chi connectivity index (χ3v) is 6.71. The van der Waals surface area contributed by atoms with Crippen LogP contribution in [0.3, 0.4) is 0 Å². The first-order chi connectivity index (χ1) is 14.2. The molecule has 4 rings (SSSR count). The number of anilines is 1. The van der Waals surface area contributed by atoms with Gasteiger partial charge >= 0.3 is 0 Å². The maximum absolute atomic E-state index is 12.4. The molecule has 1 saturated heterocycles. The van der Waals surface area contributed by atoms with Crippen LogP contribution in [-0.2, 0) is 11.3 Å². The number of amides is 1. The Labute approximate surface area is 176 Å². The van der Waals surface area contributed by atoms with Crippen LogP contribution in [0.25, 0.3) is 0 Å². The zero-order chi connectivity index (χ0) is 20.1. The SMILES string of the molecule is CN1CCN(c2ccccc2CNC(=O)CSc2nnnn2C2CCCC2)CC1. The molecule has 1 N–H and O–H groups in total. The normalized spacial score (nSPS) is 18.3. The number of hydrogen-bond acceptors (Lipinski definition) is 7. The third kappa shape index (κ3) is 5.08. The Balaban J connectivity index is 1.30. The highest BCUT2D eigenvalue weighted by Gasteiger charge is 2.22. The predicted octanol–water partition coefficient (Wildman–Crippen LogP) is 1.95. The highest BCUT2D eigenvalue weighted by molar-refractivity contribution is 7.99. The molecule has 0 radical (unpaired) electrons. The number of carbonyl (C=O) groups is 1. The standard InChI is InChI=1S/C20H29N7OS/c1-25-10-12-26(13-11-25)18-9-5-2-6-16(18)14-21-19(28)15-29-20-22-23-24-27(20)17-7-3-4-8-17/h2,5-6,9,17H,3-4,7-8,10-15H2,1H3,(H,21,28). The molecule has 1 amide bonds. The smallest absolute Gasteiger partial charge is 0.230 e. The largest absolute Gasteiger partial charge is 0.369 e. The summed E-state index contributed by atoms with van der Waals surface area (Å²) in [7, 11) is 2.16. The molecule has 9 heteroatoms. The van der Waals surface area contributed by atoms with E-state index in [9.17, 15) is 4.79 Å². The van der Waals surface area contributed by atoms with Crippen LogP contribution in [0.1, 0.15) is 37.3 Å². The molecule has 0 atom stereocenters. The van der Waals surface area contributed by atoms with E-state index < -0.39 is 0 Å². The number of piperazine rings is 1. The number of nitrogens with one attached hydrogen (secondary N) is 1. The lowest BCUT2D eigenvalue weighted by molar-refractivity contribution is -0.118. The fourth-order valence-electron chi connectivity index (χ4n) is 4.05. The van der Waals surface area contributed by atoms with Gasteiger partial charge in [0.2, 0.25) is 11.1 Å². The monoisotopic (exact) mass is 415 g/mol. The number of tetrazole rings is 1. The van der Waals surface area contributed by atoms with Crippen LogP contribution in [-0.4, -0.2) is 70.0 Å². The lowest BCUT2D eigenvalue weighted by Crippen LogP contribution is -2.45. The molecule has 0 spiro atoms. The number of carbonyl (C=O) groups excluding carboxylic acids is 1. The Hall–Kier alpha value is -2.13. The first kappa shape index (κ1) is 20.2. The Morgan fingerprint density at radius 2 is 1.93 bits per heavy atom. The van der Waals surface area contributed by atoms with Crippen molar-refractivity contribution in [2.75, 3.05) is 43.9 Å². The molecular weight excluding hydrogens is 386 g/mol. The molecule has 0 bridgehead atoms. The van der Waals surface area contributed by atoms with Gasteiger partial charge < -0.3 is 15.1 Å². The first-order valence-electron chi connectivity index (χ1n) is 10.4. The maximum atomic E-state index is 12.4. The molecule has 29 heavy (non-hydrogen) atoms. The first-order valence-corrected chi connectivity index (χ1v) is 11.4. The van der Waals surface area contributed by atoms with Gasteiger partial charge in [0.1, 0.15) is 0 Å². The summed E-state index contributed by atoms with van der Waals surface area (Å²) in [6.07, 6.45) is 4.69. The van der Waals surface area contributed by atoms with Crippen LogP contribution in [0, 0.1) is 0 Å². The van der Waals surface area contributed by atoms with Crippen molar-refractivity contribution in [2.24, 2.45) is 0 Å². The summed E-state index contributed by atoms with van der Waals surface area (Å²) >= 11 is 1.42. The molecule has 0 unspecified atom stereocenters. The fraction of sp³-hybridized carbons (Fsp3) is 0.600. The van der Waals surface area contributed by atoms with Crippen molar-refractivity contribution in [1.29, 1.82) is 0 Å². The van der Waals surface area contributed by atoms with E-state index in [-0.39, 0.29) is 5.91 Å². The summed E-state index contributed by atoms with van der Waals surface area (Å²) in [6.45, 7) is 4.69. The van der Waals surface area contributed by atoms with Gasteiger partial charge in [-0.1, -0.05) is 42.8 Å². The molecule has 2 aliphatic rings. The predicted molar refractivity (Wildman–Crippen MR) is 114 cm³/mol. The summed E-state index contributed by atoms with van der Waals surface area (Å²) in [4.78, 5) is 17.2. The van der Waals surface area contributed by atoms with Gasteiger partial charge in [-0.25, -0.2) is 4.68 Å². The van der Waals surface area contributed by atoms with Crippen LogP contribution in [0.15, 0.2) is 29.4 Å². The van der Waals surface area contributed by atoms with Crippen molar-refractivity contribution in [3.8, 4) is 0 Å². The fourth-order valence-corrected chi connectivity index (χ4v) is 4.82. The van der Waals surface area contributed by atoms with E-state index in [0.29, 0.717) is 18.3 Å². The molecular formula is C20H29N7OS. The second kappa shape index (κ2) is 9.58. The van der Waals surface area contributed by atoms with Crippen molar-refractivity contribution >= 4 is 23.4 Å². The Morgan fingerprint density at radius 1 is 1.17 bits per heavy atom. The van der Waals surface area contributed by atoms with Gasteiger partial charge in [-0.15, -0.1) is 5.10 Å². The van der Waals surface area contributed by atoms with E-state index >= 15 is 0 Å². The van der Waals surface area contributed by atoms with E-state index in [1.807, 2.05) is 10.7 Å². The summed E-state index contributed by atoms with van der Waals surface area (Å²) in [5.74, 6) is 0.327. The summed E-state index contributed by atoms with van der Waals surface area (Å²) in [6, 6.07) is 8.73. The second-order valence-corrected chi connectivity index (χ2v) is 8.77. The highest BCUT2D eigenvalue weighted by Crippen LogP contribution is 2.31. The van der Waals surface area contributed by atoms with Crippen LogP contribution in [0.2, 0.25) is 0 Å². The number of benzene rings is 1. The van der Waals surface area contributed by atoms with E-state index in [2.05, 4.69) is 55.9 Å². The van der Waals surface area contributed by atoms with Crippen molar-refractivity contribution in [2.45, 2.75) is 43.4 Å².